The molecule has 0 saturated heterocycles. The van der Waals surface area contributed by atoms with E-state index in [9.17, 15) is 5.11 Å². The Morgan fingerprint density at radius 2 is 2.06 bits per heavy atom. The molecule has 1 N–H and O–H groups in total. The molecule has 96 valence electrons. The second-order valence-corrected chi connectivity index (χ2v) is 6.51. The van der Waals surface area contributed by atoms with E-state index in [0.717, 1.165) is 25.1 Å². The van der Waals surface area contributed by atoms with Crippen molar-refractivity contribution in [3.05, 3.63) is 49.0 Å². The summed E-state index contributed by atoms with van der Waals surface area (Å²) in [5, 5.41) is 12.3. The van der Waals surface area contributed by atoms with Gasteiger partial charge in [-0.1, -0.05) is 22.0 Å². The van der Waals surface area contributed by atoms with Crippen molar-refractivity contribution in [1.82, 2.24) is 0 Å². The molecule has 0 spiro atoms. The van der Waals surface area contributed by atoms with Crippen molar-refractivity contribution in [3.8, 4) is 5.75 Å². The van der Waals surface area contributed by atoms with E-state index in [1.54, 1.807) is 18.4 Å². The number of halogens is 2. The highest BCUT2D eigenvalue weighted by atomic mass is 79.9. The van der Waals surface area contributed by atoms with Crippen LogP contribution in [0, 0.1) is 0 Å². The predicted molar refractivity (Wildman–Crippen MR) is 81.4 cm³/mol. The zero-order valence-corrected chi connectivity index (χ0v) is 13.7. The van der Waals surface area contributed by atoms with Crippen molar-refractivity contribution in [2.24, 2.45) is 0 Å². The highest BCUT2D eigenvalue weighted by Gasteiger charge is 2.15. The van der Waals surface area contributed by atoms with Crippen molar-refractivity contribution < 1.29 is 9.84 Å². The summed E-state index contributed by atoms with van der Waals surface area (Å²) in [6.07, 6.45) is 0.0728. The molecule has 0 aliphatic carbocycles. The summed E-state index contributed by atoms with van der Waals surface area (Å²) in [5.41, 5.74) is 0.871. The van der Waals surface area contributed by atoms with Crippen molar-refractivity contribution in [2.75, 3.05) is 7.11 Å². The molecule has 1 heterocycles. The smallest absolute Gasteiger partial charge is 0.120 e. The third kappa shape index (κ3) is 3.15. The normalized spacial score (nSPS) is 12.4. The fraction of sp³-hybridized carbons (Fsp3) is 0.231. The number of aliphatic hydroxyl groups excluding tert-OH is 1. The summed E-state index contributed by atoms with van der Waals surface area (Å²) in [7, 11) is 1.63. The van der Waals surface area contributed by atoms with E-state index in [-0.39, 0.29) is 0 Å². The molecule has 0 bridgehead atoms. The highest BCUT2D eigenvalue weighted by molar-refractivity contribution is 9.10. The molecule has 2 rings (SSSR count). The predicted octanol–water partition coefficient (Wildman–Crippen LogP) is 4.56. The quantitative estimate of drug-likeness (QED) is 0.827. The van der Waals surface area contributed by atoms with Gasteiger partial charge in [-0.15, -0.1) is 11.3 Å². The summed E-state index contributed by atoms with van der Waals surface area (Å²) in [4.78, 5) is 1.14. The maximum Gasteiger partial charge on any atom is 0.120 e. The van der Waals surface area contributed by atoms with Gasteiger partial charge in [-0.3, -0.25) is 0 Å². The van der Waals surface area contributed by atoms with E-state index in [4.69, 9.17) is 4.74 Å². The fourth-order valence-electron chi connectivity index (χ4n) is 1.66. The van der Waals surface area contributed by atoms with Crippen LogP contribution in [0.4, 0.5) is 0 Å². The first-order valence-corrected chi connectivity index (χ1v) is 7.81. The lowest BCUT2D eigenvalue weighted by Gasteiger charge is -2.13. The zero-order chi connectivity index (χ0) is 13.1. The largest absolute Gasteiger partial charge is 0.497 e. The molecule has 1 atom stereocenters. The number of methoxy groups -OCH3 is 1. The van der Waals surface area contributed by atoms with Gasteiger partial charge in [-0.05, 0) is 45.1 Å². The van der Waals surface area contributed by atoms with Crippen molar-refractivity contribution in [3.63, 3.8) is 0 Å². The first kappa shape index (κ1) is 14.1. The van der Waals surface area contributed by atoms with Crippen LogP contribution in [0.5, 0.6) is 5.75 Å². The lowest BCUT2D eigenvalue weighted by Crippen LogP contribution is -2.02. The molecule has 0 saturated carbocycles. The Hall–Kier alpha value is -0.360. The molecule has 0 amide bonds. The highest BCUT2D eigenvalue weighted by Crippen LogP contribution is 2.32. The van der Waals surface area contributed by atoms with Crippen LogP contribution in [0.1, 0.15) is 16.5 Å². The van der Waals surface area contributed by atoms with E-state index in [1.807, 2.05) is 29.6 Å². The SMILES string of the molecule is COc1ccc(C(O)Cc2sccc2Br)c(Br)c1. The van der Waals surface area contributed by atoms with Crippen LogP contribution in [-0.4, -0.2) is 12.2 Å². The van der Waals surface area contributed by atoms with Gasteiger partial charge in [-0.2, -0.15) is 0 Å². The Morgan fingerprint density at radius 3 is 2.61 bits per heavy atom. The van der Waals surface area contributed by atoms with Crippen LogP contribution in [-0.2, 0) is 6.42 Å². The molecule has 0 aliphatic heterocycles. The Kier molecular flexibility index (Phi) is 4.84. The Labute approximate surface area is 127 Å². The third-order valence-electron chi connectivity index (χ3n) is 2.64. The zero-order valence-electron chi connectivity index (χ0n) is 9.69. The first-order chi connectivity index (χ1) is 8.61. The number of hydrogen-bond donors (Lipinski definition) is 1. The molecule has 5 heteroatoms. The van der Waals surface area contributed by atoms with Gasteiger partial charge in [0.15, 0.2) is 0 Å². The van der Waals surface area contributed by atoms with Gasteiger partial charge in [-0.25, -0.2) is 0 Å². The summed E-state index contributed by atoms with van der Waals surface area (Å²) in [6, 6.07) is 7.60. The lowest BCUT2D eigenvalue weighted by atomic mass is 10.1. The minimum atomic E-state index is -0.528. The molecule has 1 unspecified atom stereocenters. The lowest BCUT2D eigenvalue weighted by molar-refractivity contribution is 0.178. The van der Waals surface area contributed by atoms with Gasteiger partial charge in [0, 0.05) is 20.2 Å². The van der Waals surface area contributed by atoms with Gasteiger partial charge in [0.05, 0.1) is 13.2 Å². The first-order valence-electron chi connectivity index (χ1n) is 5.35. The molecule has 0 aliphatic rings. The van der Waals surface area contributed by atoms with Gasteiger partial charge in [0.25, 0.3) is 0 Å². The maximum absolute atomic E-state index is 10.3. The van der Waals surface area contributed by atoms with E-state index in [1.165, 1.54) is 0 Å². The van der Waals surface area contributed by atoms with Crippen molar-refractivity contribution in [1.29, 1.82) is 0 Å². The van der Waals surface area contributed by atoms with Crippen LogP contribution >= 0.6 is 43.2 Å². The average molecular weight is 392 g/mol. The van der Waals surface area contributed by atoms with Crippen molar-refractivity contribution >= 4 is 43.2 Å². The number of benzene rings is 1. The number of aliphatic hydroxyl groups is 1. The molecule has 0 fully saturated rings. The topological polar surface area (TPSA) is 29.5 Å². The van der Waals surface area contributed by atoms with Crippen LogP contribution in [0.2, 0.25) is 0 Å². The van der Waals surface area contributed by atoms with Crippen LogP contribution in [0.3, 0.4) is 0 Å². The molecule has 2 nitrogen and oxygen atoms in total. The number of hydrogen-bond acceptors (Lipinski definition) is 3. The molecule has 1 aromatic carbocycles. The van der Waals surface area contributed by atoms with Gasteiger partial charge in [0.1, 0.15) is 5.75 Å². The summed E-state index contributed by atoms with van der Waals surface area (Å²) < 4.78 is 7.05. The van der Waals surface area contributed by atoms with E-state index < -0.39 is 6.10 Å². The maximum atomic E-state index is 10.3. The minimum absolute atomic E-state index is 0.528. The summed E-state index contributed by atoms with van der Waals surface area (Å²) in [5.74, 6) is 0.773. The number of ether oxygens (including phenoxy) is 1. The van der Waals surface area contributed by atoms with Crippen LogP contribution < -0.4 is 4.74 Å². The monoisotopic (exact) mass is 390 g/mol. The molecule has 2 aromatic rings. The molecular weight excluding hydrogens is 380 g/mol. The Balaban J connectivity index is 2.19. The molecule has 0 radical (unpaired) electrons. The summed E-state index contributed by atoms with van der Waals surface area (Å²) >= 11 is 8.58. The van der Waals surface area contributed by atoms with E-state index in [0.29, 0.717) is 6.42 Å². The molecule has 1 aromatic heterocycles. The molecule has 18 heavy (non-hydrogen) atoms. The standard InChI is InChI=1S/C13H12Br2O2S/c1-17-8-2-3-9(11(15)6-8)12(16)7-13-10(14)4-5-18-13/h2-6,12,16H,7H2,1H3. The van der Waals surface area contributed by atoms with Gasteiger partial charge >= 0.3 is 0 Å². The van der Waals surface area contributed by atoms with Crippen LogP contribution in [0.25, 0.3) is 0 Å². The number of rotatable bonds is 4. The fourth-order valence-corrected chi connectivity index (χ4v) is 3.84. The van der Waals surface area contributed by atoms with Gasteiger partial charge < -0.3 is 9.84 Å². The number of thiophene rings is 1. The second kappa shape index (κ2) is 6.19. The summed E-state index contributed by atoms with van der Waals surface area (Å²) in [6.45, 7) is 0. The third-order valence-corrected chi connectivity index (χ3v) is 5.27. The van der Waals surface area contributed by atoms with E-state index >= 15 is 0 Å². The Morgan fingerprint density at radius 1 is 1.28 bits per heavy atom. The molecular formula is C13H12Br2O2S. The Bertz CT molecular complexity index is 540. The van der Waals surface area contributed by atoms with Crippen LogP contribution in [0.15, 0.2) is 38.6 Å². The van der Waals surface area contributed by atoms with Crippen molar-refractivity contribution in [2.45, 2.75) is 12.5 Å². The minimum Gasteiger partial charge on any atom is -0.497 e. The second-order valence-electron chi connectivity index (χ2n) is 3.80. The van der Waals surface area contributed by atoms with Gasteiger partial charge in [0.2, 0.25) is 0 Å². The van der Waals surface area contributed by atoms with E-state index in [2.05, 4.69) is 31.9 Å². The average Bonchev–Trinajstić information content (AvgIpc) is 2.74.